The van der Waals surface area contributed by atoms with Gasteiger partial charge in [0.15, 0.2) is 0 Å². The number of nitrogens with two attached hydrogens (primary N) is 1. The number of carbonyl (C=O) groups excluding carboxylic acids is 2. The Morgan fingerprint density at radius 2 is 1.79 bits per heavy atom. The van der Waals surface area contributed by atoms with Gasteiger partial charge in [-0.1, -0.05) is 32.9 Å². The number of amides is 3. The summed E-state index contributed by atoms with van der Waals surface area (Å²) in [6, 6.07) is 6.30. The van der Waals surface area contributed by atoms with Crippen LogP contribution in [0.15, 0.2) is 34.9 Å². The van der Waals surface area contributed by atoms with E-state index in [1.54, 1.807) is 30.5 Å². The van der Waals surface area contributed by atoms with Gasteiger partial charge in [-0.25, -0.2) is 9.78 Å². The number of primary amides is 1. The van der Waals surface area contributed by atoms with Crippen LogP contribution in [-0.2, 0) is 18.5 Å². The summed E-state index contributed by atoms with van der Waals surface area (Å²) in [6.45, 7) is 6.64. The number of hydrogen-bond acceptors (Lipinski definition) is 4. The van der Waals surface area contributed by atoms with Gasteiger partial charge in [0.05, 0.1) is 12.7 Å². The normalized spacial score (nSPS) is 11.1. The van der Waals surface area contributed by atoms with Crippen molar-refractivity contribution in [1.29, 1.82) is 0 Å². The minimum atomic E-state index is -0.586. The fourth-order valence-corrected chi connectivity index (χ4v) is 1.96. The lowest BCUT2D eigenvalue weighted by molar-refractivity contribution is 0.0947. The smallest absolute Gasteiger partial charge is 0.312 e. The molecular weight excluding hydrogens is 308 g/mol. The highest BCUT2D eigenvalue weighted by Gasteiger charge is 2.19. The molecule has 1 aromatic heterocycles. The molecule has 7 nitrogen and oxygen atoms in total. The maximum Gasteiger partial charge on any atom is 0.312 e. The monoisotopic (exact) mass is 330 g/mol. The third-order valence-electron chi connectivity index (χ3n) is 3.38. The molecule has 0 bridgehead atoms. The average Bonchev–Trinajstić information content (AvgIpc) is 3.00. The third-order valence-corrected chi connectivity index (χ3v) is 3.38. The van der Waals surface area contributed by atoms with E-state index < -0.39 is 6.03 Å². The van der Waals surface area contributed by atoms with E-state index in [0.717, 1.165) is 11.3 Å². The molecule has 0 atom stereocenters. The molecule has 1 aromatic carbocycles. The van der Waals surface area contributed by atoms with Crippen molar-refractivity contribution in [2.75, 3.05) is 0 Å². The third kappa shape index (κ3) is 4.84. The molecule has 0 spiro atoms. The van der Waals surface area contributed by atoms with Crippen LogP contribution in [0.3, 0.4) is 0 Å². The molecule has 128 valence electrons. The van der Waals surface area contributed by atoms with Crippen molar-refractivity contribution in [1.82, 2.24) is 15.6 Å². The molecule has 0 fully saturated rings. The van der Waals surface area contributed by atoms with Gasteiger partial charge in [0.25, 0.3) is 5.91 Å². The van der Waals surface area contributed by atoms with Gasteiger partial charge in [0, 0.05) is 17.5 Å². The second kappa shape index (κ2) is 7.16. The highest BCUT2D eigenvalue weighted by molar-refractivity contribution is 5.94. The van der Waals surface area contributed by atoms with Crippen LogP contribution < -0.4 is 16.4 Å². The molecule has 7 heteroatoms. The molecule has 2 rings (SSSR count). The van der Waals surface area contributed by atoms with Crippen LogP contribution in [0.5, 0.6) is 0 Å². The van der Waals surface area contributed by atoms with E-state index in [0.29, 0.717) is 18.0 Å². The largest absolute Gasteiger partial charge is 0.443 e. The minimum absolute atomic E-state index is 0.121. The Kier molecular flexibility index (Phi) is 5.23. The number of nitrogens with zero attached hydrogens (tertiary/aromatic N) is 1. The summed E-state index contributed by atoms with van der Waals surface area (Å²) in [5.74, 6) is 1.02. The molecule has 4 N–H and O–H groups in total. The lowest BCUT2D eigenvalue weighted by atomic mass is 9.94. The predicted octanol–water partition coefficient (Wildman–Crippen LogP) is 2.07. The standard InChI is InChI=1S/C17H22N4O3/c1-17(2,3)13-9-19-14(24-13)10-20-15(22)12-6-4-11(5-7-12)8-21-16(18)23/h4-7,9H,8,10H2,1-3H3,(H,20,22)(H3,18,21,23). The van der Waals surface area contributed by atoms with Crippen molar-refractivity contribution >= 4 is 11.9 Å². The van der Waals surface area contributed by atoms with Crippen LogP contribution in [0.4, 0.5) is 4.79 Å². The Hall–Kier alpha value is -2.83. The molecular formula is C17H22N4O3. The SMILES string of the molecule is CC(C)(C)c1cnc(CNC(=O)c2ccc(CNC(N)=O)cc2)o1. The fourth-order valence-electron chi connectivity index (χ4n) is 1.96. The van der Waals surface area contributed by atoms with Crippen molar-refractivity contribution in [3.05, 3.63) is 53.2 Å². The Labute approximate surface area is 140 Å². The molecule has 0 aliphatic rings. The van der Waals surface area contributed by atoms with Gasteiger partial charge in [-0.05, 0) is 17.7 Å². The van der Waals surface area contributed by atoms with Crippen LogP contribution in [0, 0.1) is 0 Å². The number of carbonyl (C=O) groups is 2. The molecule has 0 unspecified atom stereocenters. The minimum Gasteiger partial charge on any atom is -0.443 e. The van der Waals surface area contributed by atoms with Crippen molar-refractivity contribution in [2.45, 2.75) is 39.3 Å². The topological polar surface area (TPSA) is 110 Å². The van der Waals surface area contributed by atoms with Crippen molar-refractivity contribution in [3.63, 3.8) is 0 Å². The van der Waals surface area contributed by atoms with Crippen LogP contribution in [0.2, 0.25) is 0 Å². The zero-order valence-electron chi connectivity index (χ0n) is 14.1. The lowest BCUT2D eigenvalue weighted by Gasteiger charge is -2.13. The summed E-state index contributed by atoms with van der Waals surface area (Å²) < 4.78 is 5.63. The van der Waals surface area contributed by atoms with Crippen molar-refractivity contribution < 1.29 is 14.0 Å². The molecule has 0 saturated heterocycles. The molecule has 0 radical (unpaired) electrons. The number of oxazole rings is 1. The highest BCUT2D eigenvalue weighted by Crippen LogP contribution is 2.22. The Bertz CT molecular complexity index is 714. The molecule has 3 amide bonds. The first-order valence-corrected chi connectivity index (χ1v) is 7.61. The van der Waals surface area contributed by atoms with E-state index in [9.17, 15) is 9.59 Å². The number of urea groups is 1. The van der Waals surface area contributed by atoms with Gasteiger partial charge in [-0.2, -0.15) is 0 Å². The summed E-state index contributed by atoms with van der Waals surface area (Å²) >= 11 is 0. The van der Waals surface area contributed by atoms with Crippen LogP contribution in [-0.4, -0.2) is 16.9 Å². The van der Waals surface area contributed by atoms with E-state index in [4.69, 9.17) is 10.2 Å². The average molecular weight is 330 g/mol. The van der Waals surface area contributed by atoms with Crippen molar-refractivity contribution in [2.24, 2.45) is 5.73 Å². The Morgan fingerprint density at radius 1 is 1.12 bits per heavy atom. The maximum absolute atomic E-state index is 12.1. The summed E-state index contributed by atoms with van der Waals surface area (Å²) in [7, 11) is 0. The number of rotatable bonds is 5. The van der Waals surface area contributed by atoms with Gasteiger partial charge in [0.1, 0.15) is 5.76 Å². The Morgan fingerprint density at radius 3 is 2.33 bits per heavy atom. The molecule has 2 aromatic rings. The molecule has 0 saturated carbocycles. The molecule has 1 heterocycles. The van der Waals surface area contributed by atoms with E-state index in [1.165, 1.54) is 0 Å². The maximum atomic E-state index is 12.1. The first kappa shape index (κ1) is 17.5. The zero-order valence-corrected chi connectivity index (χ0v) is 14.1. The van der Waals surface area contributed by atoms with Crippen molar-refractivity contribution in [3.8, 4) is 0 Å². The number of hydrogen-bond donors (Lipinski definition) is 3. The zero-order chi connectivity index (χ0) is 17.7. The predicted molar refractivity (Wildman–Crippen MR) is 89.2 cm³/mol. The second-order valence-electron chi connectivity index (χ2n) is 6.47. The number of nitrogens with one attached hydrogen (secondary N) is 2. The quantitative estimate of drug-likeness (QED) is 0.779. The van der Waals surface area contributed by atoms with Gasteiger partial charge < -0.3 is 20.8 Å². The van der Waals surface area contributed by atoms with E-state index in [2.05, 4.69) is 15.6 Å². The highest BCUT2D eigenvalue weighted by atomic mass is 16.4. The van der Waals surface area contributed by atoms with Gasteiger partial charge in [-0.3, -0.25) is 4.79 Å². The summed E-state index contributed by atoms with van der Waals surface area (Å²) in [5.41, 5.74) is 6.26. The summed E-state index contributed by atoms with van der Waals surface area (Å²) in [4.78, 5) is 27.0. The summed E-state index contributed by atoms with van der Waals surface area (Å²) in [5, 5.41) is 5.25. The second-order valence-corrected chi connectivity index (χ2v) is 6.47. The first-order valence-electron chi connectivity index (χ1n) is 7.61. The fraction of sp³-hybridized carbons (Fsp3) is 0.353. The molecule has 24 heavy (non-hydrogen) atoms. The number of aromatic nitrogens is 1. The van der Waals surface area contributed by atoms with E-state index >= 15 is 0 Å². The lowest BCUT2D eigenvalue weighted by Crippen LogP contribution is -2.28. The van der Waals surface area contributed by atoms with Crippen LogP contribution in [0.1, 0.15) is 48.3 Å². The summed E-state index contributed by atoms with van der Waals surface area (Å²) in [6.07, 6.45) is 1.68. The number of benzene rings is 1. The van der Waals surface area contributed by atoms with Crippen LogP contribution in [0.25, 0.3) is 0 Å². The van der Waals surface area contributed by atoms with Gasteiger partial charge in [-0.15, -0.1) is 0 Å². The van der Waals surface area contributed by atoms with Gasteiger partial charge >= 0.3 is 6.03 Å². The molecule has 0 aliphatic carbocycles. The van der Waals surface area contributed by atoms with E-state index in [1.807, 2.05) is 20.8 Å². The van der Waals surface area contributed by atoms with E-state index in [-0.39, 0.29) is 17.9 Å². The Balaban J connectivity index is 1.90. The van der Waals surface area contributed by atoms with Crippen LogP contribution >= 0.6 is 0 Å². The molecule has 0 aliphatic heterocycles. The van der Waals surface area contributed by atoms with Gasteiger partial charge in [0.2, 0.25) is 5.89 Å². The first-order chi connectivity index (χ1) is 11.3.